The van der Waals surface area contributed by atoms with Gasteiger partial charge >= 0.3 is 0 Å². The molecule has 0 bridgehead atoms. The molecule has 2 N–H and O–H groups in total. The molecule has 106 valence electrons. The van der Waals surface area contributed by atoms with Crippen LogP contribution in [0.1, 0.15) is 17.9 Å². The minimum absolute atomic E-state index is 0.128. The first-order valence-electron chi connectivity index (χ1n) is 6.59. The molecule has 3 rings (SSSR count). The van der Waals surface area contributed by atoms with E-state index in [1.54, 1.807) is 0 Å². The average Bonchev–Trinajstić information content (AvgIpc) is 2.48. The number of carbonyl (C=O) groups is 2. The predicted molar refractivity (Wildman–Crippen MR) is 90.2 cm³/mol. The summed E-state index contributed by atoms with van der Waals surface area (Å²) in [5.41, 5.74) is 2.32. The molecule has 0 aromatic heterocycles. The Morgan fingerprint density at radius 3 is 2.62 bits per heavy atom. The number of hydrogen-bond donors (Lipinski definition) is 2. The van der Waals surface area contributed by atoms with E-state index in [9.17, 15) is 9.59 Å². The van der Waals surface area contributed by atoms with Crippen molar-refractivity contribution in [1.29, 1.82) is 0 Å². The highest BCUT2D eigenvalue weighted by atomic mass is 127. The van der Waals surface area contributed by atoms with Gasteiger partial charge in [-0.2, -0.15) is 0 Å². The van der Waals surface area contributed by atoms with Crippen molar-refractivity contribution in [3.8, 4) is 0 Å². The van der Waals surface area contributed by atoms with Crippen LogP contribution in [0.15, 0.2) is 48.5 Å². The van der Waals surface area contributed by atoms with Crippen molar-refractivity contribution in [3.05, 3.63) is 57.7 Å². The fourth-order valence-electron chi connectivity index (χ4n) is 2.41. The van der Waals surface area contributed by atoms with Crippen molar-refractivity contribution in [3.63, 3.8) is 0 Å². The Morgan fingerprint density at radius 2 is 1.86 bits per heavy atom. The van der Waals surface area contributed by atoms with Crippen LogP contribution < -0.4 is 10.6 Å². The summed E-state index contributed by atoms with van der Waals surface area (Å²) in [4.78, 5) is 24.2. The molecule has 4 nitrogen and oxygen atoms in total. The first kappa shape index (κ1) is 14.1. The first-order valence-corrected chi connectivity index (χ1v) is 7.66. The highest BCUT2D eigenvalue weighted by Crippen LogP contribution is 2.32. The van der Waals surface area contributed by atoms with Gasteiger partial charge in [0.1, 0.15) is 0 Å². The van der Waals surface area contributed by atoms with E-state index in [0.717, 1.165) is 20.5 Å². The van der Waals surface area contributed by atoms with Crippen molar-refractivity contribution < 1.29 is 9.59 Å². The lowest BCUT2D eigenvalue weighted by Crippen LogP contribution is -2.30. The number of carbonyl (C=O) groups excluding carboxylic acids is 2. The van der Waals surface area contributed by atoms with Crippen molar-refractivity contribution in [2.24, 2.45) is 0 Å². The summed E-state index contributed by atoms with van der Waals surface area (Å²) >= 11 is 2.21. The standard InChI is InChI=1S/C16H13IN2O2/c17-10-5-7-11(8-6-10)18-16(21)13-9-15(20)19-14-4-2-1-3-12(13)14/h1-8,13H,9H2,(H,18,21)(H,19,20)/t13-/m0/s1. The van der Waals surface area contributed by atoms with E-state index in [2.05, 4.69) is 33.2 Å². The lowest BCUT2D eigenvalue weighted by atomic mass is 9.90. The summed E-state index contributed by atoms with van der Waals surface area (Å²) in [6, 6.07) is 15.0. The molecule has 0 aliphatic carbocycles. The second kappa shape index (κ2) is 5.85. The number of rotatable bonds is 2. The van der Waals surface area contributed by atoms with Gasteiger partial charge in [0.05, 0.1) is 5.92 Å². The summed E-state index contributed by atoms with van der Waals surface area (Å²) in [7, 11) is 0. The normalized spacial score (nSPS) is 16.8. The number of hydrogen-bond acceptors (Lipinski definition) is 2. The second-order valence-electron chi connectivity index (χ2n) is 4.89. The first-order chi connectivity index (χ1) is 10.1. The molecule has 1 aliphatic rings. The molecule has 21 heavy (non-hydrogen) atoms. The molecule has 0 unspecified atom stereocenters. The molecular formula is C16H13IN2O2. The summed E-state index contributed by atoms with van der Waals surface area (Å²) in [6.07, 6.45) is 0.174. The van der Waals surface area contributed by atoms with Gasteiger partial charge in [0.2, 0.25) is 11.8 Å². The third-order valence-corrected chi connectivity index (χ3v) is 4.15. The smallest absolute Gasteiger partial charge is 0.232 e. The van der Waals surface area contributed by atoms with Crippen LogP contribution in [-0.2, 0) is 9.59 Å². The van der Waals surface area contributed by atoms with Gasteiger partial charge in [-0.05, 0) is 58.5 Å². The Kier molecular flexibility index (Phi) is 3.92. The molecule has 1 heterocycles. The van der Waals surface area contributed by atoms with Gasteiger partial charge in [-0.1, -0.05) is 18.2 Å². The summed E-state index contributed by atoms with van der Waals surface area (Å²) in [5, 5.41) is 5.67. The van der Waals surface area contributed by atoms with E-state index < -0.39 is 5.92 Å². The Labute approximate surface area is 136 Å². The minimum atomic E-state index is -0.450. The molecule has 0 fully saturated rings. The molecule has 1 atom stereocenters. The Balaban J connectivity index is 1.84. The topological polar surface area (TPSA) is 58.2 Å². The lowest BCUT2D eigenvalue weighted by molar-refractivity contribution is -0.123. The summed E-state index contributed by atoms with van der Waals surface area (Å²) in [6.45, 7) is 0. The quantitative estimate of drug-likeness (QED) is 0.771. The van der Waals surface area contributed by atoms with Gasteiger partial charge in [0.15, 0.2) is 0 Å². The maximum atomic E-state index is 12.5. The highest BCUT2D eigenvalue weighted by Gasteiger charge is 2.30. The van der Waals surface area contributed by atoms with Crippen LogP contribution >= 0.6 is 22.6 Å². The molecule has 0 saturated carbocycles. The van der Waals surface area contributed by atoms with Crippen LogP contribution in [0, 0.1) is 3.57 Å². The van der Waals surface area contributed by atoms with Crippen molar-refractivity contribution >= 4 is 45.8 Å². The van der Waals surface area contributed by atoms with E-state index in [1.165, 1.54) is 0 Å². The molecule has 2 amide bonds. The number of fused-ring (bicyclic) bond motifs is 1. The lowest BCUT2D eigenvalue weighted by Gasteiger charge is -2.24. The van der Waals surface area contributed by atoms with E-state index in [1.807, 2.05) is 48.5 Å². The number of para-hydroxylation sites is 1. The molecule has 1 aliphatic heterocycles. The molecule has 0 spiro atoms. The molecule has 0 radical (unpaired) electrons. The fraction of sp³-hybridized carbons (Fsp3) is 0.125. The molecule has 5 heteroatoms. The number of halogens is 1. The Morgan fingerprint density at radius 1 is 1.14 bits per heavy atom. The number of benzene rings is 2. The van der Waals surface area contributed by atoms with Crippen LogP contribution in [0.4, 0.5) is 11.4 Å². The van der Waals surface area contributed by atoms with Gasteiger partial charge in [-0.3, -0.25) is 9.59 Å². The van der Waals surface area contributed by atoms with Gasteiger partial charge in [0, 0.05) is 21.4 Å². The summed E-state index contributed by atoms with van der Waals surface area (Å²) < 4.78 is 1.10. The van der Waals surface area contributed by atoms with Crippen LogP contribution in [0.3, 0.4) is 0 Å². The van der Waals surface area contributed by atoms with Crippen LogP contribution in [0.2, 0.25) is 0 Å². The predicted octanol–water partition coefficient (Wildman–Crippen LogP) is 3.36. The maximum Gasteiger partial charge on any atom is 0.232 e. The average molecular weight is 392 g/mol. The van der Waals surface area contributed by atoms with Gasteiger partial charge in [-0.25, -0.2) is 0 Å². The summed E-state index contributed by atoms with van der Waals surface area (Å²) in [5.74, 6) is -0.732. The molecule has 0 saturated heterocycles. The largest absolute Gasteiger partial charge is 0.326 e. The maximum absolute atomic E-state index is 12.5. The van der Waals surface area contributed by atoms with Gasteiger partial charge < -0.3 is 10.6 Å². The third-order valence-electron chi connectivity index (χ3n) is 3.43. The van der Waals surface area contributed by atoms with Crippen LogP contribution in [0.25, 0.3) is 0 Å². The molecule has 2 aromatic rings. The van der Waals surface area contributed by atoms with Crippen molar-refractivity contribution in [2.45, 2.75) is 12.3 Å². The zero-order valence-electron chi connectivity index (χ0n) is 11.1. The zero-order chi connectivity index (χ0) is 14.8. The monoisotopic (exact) mass is 392 g/mol. The van der Waals surface area contributed by atoms with Crippen LogP contribution in [0.5, 0.6) is 0 Å². The van der Waals surface area contributed by atoms with Gasteiger partial charge in [0.25, 0.3) is 0 Å². The second-order valence-corrected chi connectivity index (χ2v) is 6.13. The Hall–Kier alpha value is -1.89. The third kappa shape index (κ3) is 3.07. The molecular weight excluding hydrogens is 379 g/mol. The Bertz CT molecular complexity index is 698. The van der Waals surface area contributed by atoms with Crippen molar-refractivity contribution in [1.82, 2.24) is 0 Å². The molecule has 2 aromatic carbocycles. The van der Waals surface area contributed by atoms with E-state index >= 15 is 0 Å². The fourth-order valence-corrected chi connectivity index (χ4v) is 2.77. The minimum Gasteiger partial charge on any atom is -0.326 e. The van der Waals surface area contributed by atoms with Gasteiger partial charge in [-0.15, -0.1) is 0 Å². The van der Waals surface area contributed by atoms with E-state index in [0.29, 0.717) is 0 Å². The number of nitrogens with one attached hydrogen (secondary N) is 2. The van der Waals surface area contributed by atoms with E-state index in [4.69, 9.17) is 0 Å². The number of amides is 2. The highest BCUT2D eigenvalue weighted by molar-refractivity contribution is 14.1. The van der Waals surface area contributed by atoms with Crippen molar-refractivity contribution in [2.75, 3.05) is 10.6 Å². The SMILES string of the molecule is O=C1C[C@H](C(=O)Nc2ccc(I)cc2)c2ccccc2N1. The number of anilines is 2. The van der Waals surface area contributed by atoms with E-state index in [-0.39, 0.29) is 18.2 Å². The van der Waals surface area contributed by atoms with Crippen LogP contribution in [-0.4, -0.2) is 11.8 Å². The zero-order valence-corrected chi connectivity index (χ0v) is 13.3.